The van der Waals surface area contributed by atoms with E-state index in [1.807, 2.05) is 0 Å². The molecule has 1 aromatic rings. The minimum absolute atomic E-state index is 0.0873. The Morgan fingerprint density at radius 1 is 0.440 bits per heavy atom. The molecule has 1 rings (SSSR count). The summed E-state index contributed by atoms with van der Waals surface area (Å²) in [6, 6.07) is 5.31. The van der Waals surface area contributed by atoms with Gasteiger partial charge in [-0.25, -0.2) is 0 Å². The van der Waals surface area contributed by atoms with E-state index in [9.17, 15) is 9.59 Å². The van der Waals surface area contributed by atoms with Crippen molar-refractivity contribution in [3.05, 3.63) is 29.3 Å². The van der Waals surface area contributed by atoms with E-state index < -0.39 is 0 Å². The fraction of sp³-hybridized carbons (Fsp3) is 0.822. The number of carbonyl (C=O) groups is 2. The molecule has 290 valence electrons. The number of nitrogens with one attached hydrogen (secondary N) is 2. The molecule has 0 aliphatic carbocycles. The van der Waals surface area contributed by atoms with Crippen molar-refractivity contribution in [2.75, 3.05) is 19.7 Å². The molecule has 5 heteroatoms. The second-order valence-electron chi connectivity index (χ2n) is 15.0. The van der Waals surface area contributed by atoms with E-state index in [4.69, 9.17) is 4.74 Å². The average Bonchev–Trinajstić information content (AvgIpc) is 3.13. The zero-order valence-electron chi connectivity index (χ0n) is 33.5. The third-order valence-corrected chi connectivity index (χ3v) is 10.1. The maximum atomic E-state index is 13.2. The van der Waals surface area contributed by atoms with Gasteiger partial charge in [0.2, 0.25) is 0 Å². The number of amides is 2. The molecule has 0 unspecified atom stereocenters. The molecule has 0 aliphatic heterocycles. The summed E-state index contributed by atoms with van der Waals surface area (Å²) in [6.07, 6.45) is 39.9. The SMILES string of the molecule is CCCCCCCCCCCCCCCNC(=O)c1ccc(C(=O)NCCCCCCCCCCCCCCC)c(OCCCCCCC)c1. The highest BCUT2D eigenvalue weighted by Crippen LogP contribution is 2.22. The highest BCUT2D eigenvalue weighted by Gasteiger charge is 2.16. The van der Waals surface area contributed by atoms with E-state index in [-0.39, 0.29) is 11.8 Å². The molecule has 0 radical (unpaired) electrons. The monoisotopic (exact) mass is 699 g/mol. The van der Waals surface area contributed by atoms with Crippen LogP contribution in [0.15, 0.2) is 18.2 Å². The molecule has 0 aliphatic rings. The molecular formula is C45H82N2O3. The van der Waals surface area contributed by atoms with E-state index in [0.29, 0.717) is 36.6 Å². The summed E-state index contributed by atoms with van der Waals surface area (Å²) >= 11 is 0. The first-order chi connectivity index (χ1) is 24.6. The zero-order valence-corrected chi connectivity index (χ0v) is 33.5. The lowest BCUT2D eigenvalue weighted by Crippen LogP contribution is -2.26. The number of carbonyl (C=O) groups excluding carboxylic acids is 2. The van der Waals surface area contributed by atoms with Crippen LogP contribution >= 0.6 is 0 Å². The van der Waals surface area contributed by atoms with Gasteiger partial charge in [-0.15, -0.1) is 0 Å². The quantitative estimate of drug-likeness (QED) is 0.0680. The van der Waals surface area contributed by atoms with Crippen molar-refractivity contribution in [3.63, 3.8) is 0 Å². The third kappa shape index (κ3) is 26.7. The van der Waals surface area contributed by atoms with Gasteiger partial charge in [0.1, 0.15) is 5.75 Å². The molecule has 0 fully saturated rings. The lowest BCUT2D eigenvalue weighted by molar-refractivity contribution is 0.0937. The molecule has 0 aromatic heterocycles. The van der Waals surface area contributed by atoms with Crippen molar-refractivity contribution in [2.45, 2.75) is 220 Å². The Balaban J connectivity index is 2.35. The maximum absolute atomic E-state index is 13.2. The molecule has 0 bridgehead atoms. The molecule has 5 nitrogen and oxygen atoms in total. The largest absolute Gasteiger partial charge is 0.493 e. The minimum Gasteiger partial charge on any atom is -0.493 e. The summed E-state index contributed by atoms with van der Waals surface area (Å²) in [5, 5.41) is 6.20. The van der Waals surface area contributed by atoms with Crippen LogP contribution in [0, 0.1) is 0 Å². The molecule has 0 spiro atoms. The van der Waals surface area contributed by atoms with Crippen LogP contribution in [-0.2, 0) is 0 Å². The van der Waals surface area contributed by atoms with Gasteiger partial charge in [0.05, 0.1) is 12.2 Å². The lowest BCUT2D eigenvalue weighted by Gasteiger charge is -2.14. The number of hydrogen-bond donors (Lipinski definition) is 2. The highest BCUT2D eigenvalue weighted by atomic mass is 16.5. The number of rotatable bonds is 37. The van der Waals surface area contributed by atoms with Gasteiger partial charge in [0, 0.05) is 18.7 Å². The van der Waals surface area contributed by atoms with Crippen LogP contribution in [0.5, 0.6) is 5.75 Å². The van der Waals surface area contributed by atoms with E-state index in [0.717, 1.165) is 38.5 Å². The molecule has 50 heavy (non-hydrogen) atoms. The van der Waals surface area contributed by atoms with E-state index >= 15 is 0 Å². The van der Waals surface area contributed by atoms with Gasteiger partial charge in [-0.05, 0) is 37.5 Å². The van der Waals surface area contributed by atoms with Gasteiger partial charge in [-0.3, -0.25) is 9.59 Å². The Labute approximate surface area is 310 Å². The Bertz CT molecular complexity index is 918. The first kappa shape index (κ1) is 46.0. The fourth-order valence-corrected chi connectivity index (χ4v) is 6.74. The zero-order chi connectivity index (χ0) is 36.2. The van der Waals surface area contributed by atoms with Crippen LogP contribution in [0.3, 0.4) is 0 Å². The second kappa shape index (κ2) is 35.4. The molecule has 0 atom stereocenters. The lowest BCUT2D eigenvalue weighted by atomic mass is 10.0. The van der Waals surface area contributed by atoms with E-state index in [1.54, 1.807) is 18.2 Å². The molecule has 0 saturated carbocycles. The van der Waals surface area contributed by atoms with Crippen molar-refractivity contribution in [1.29, 1.82) is 0 Å². The summed E-state index contributed by atoms with van der Waals surface area (Å²) in [6.45, 7) is 8.69. The summed E-state index contributed by atoms with van der Waals surface area (Å²) in [7, 11) is 0. The number of benzene rings is 1. The molecule has 0 saturated heterocycles. The summed E-state index contributed by atoms with van der Waals surface area (Å²) < 4.78 is 6.14. The van der Waals surface area contributed by atoms with Crippen LogP contribution in [0.25, 0.3) is 0 Å². The smallest absolute Gasteiger partial charge is 0.255 e. The van der Waals surface area contributed by atoms with Gasteiger partial charge in [0.25, 0.3) is 11.8 Å². The maximum Gasteiger partial charge on any atom is 0.255 e. The normalized spacial score (nSPS) is 11.2. The topological polar surface area (TPSA) is 67.4 Å². The molecule has 2 amide bonds. The standard InChI is InChI=1S/C45H82N2O3/c1-4-7-10-13-15-17-19-21-23-25-27-29-32-37-46-44(48)41-35-36-42(43(40-41)50-39-34-31-12-9-6-3)45(49)47-38-33-30-28-26-24-22-20-18-16-14-11-8-5-2/h35-36,40H,4-34,37-39H2,1-3H3,(H,46,48)(H,47,49). The van der Waals surface area contributed by atoms with Gasteiger partial charge < -0.3 is 15.4 Å². The van der Waals surface area contributed by atoms with Crippen molar-refractivity contribution in [2.24, 2.45) is 0 Å². The molecule has 2 N–H and O–H groups in total. The predicted molar refractivity (Wildman–Crippen MR) is 217 cm³/mol. The molecule has 0 heterocycles. The Hall–Kier alpha value is -2.04. The Morgan fingerprint density at radius 3 is 1.18 bits per heavy atom. The van der Waals surface area contributed by atoms with Crippen molar-refractivity contribution >= 4 is 11.8 Å². The summed E-state index contributed by atoms with van der Waals surface area (Å²) in [5.41, 5.74) is 1.09. The van der Waals surface area contributed by atoms with Crippen molar-refractivity contribution < 1.29 is 14.3 Å². The number of ether oxygens (including phenoxy) is 1. The average molecular weight is 699 g/mol. The van der Waals surface area contributed by atoms with Crippen LogP contribution in [0.2, 0.25) is 0 Å². The first-order valence-corrected chi connectivity index (χ1v) is 22.0. The first-order valence-electron chi connectivity index (χ1n) is 22.0. The van der Waals surface area contributed by atoms with Gasteiger partial charge >= 0.3 is 0 Å². The van der Waals surface area contributed by atoms with Crippen LogP contribution in [-0.4, -0.2) is 31.5 Å². The van der Waals surface area contributed by atoms with Crippen LogP contribution in [0.4, 0.5) is 0 Å². The predicted octanol–water partition coefficient (Wildman–Crippen LogP) is 13.7. The third-order valence-electron chi connectivity index (χ3n) is 10.1. The summed E-state index contributed by atoms with van der Waals surface area (Å²) in [4.78, 5) is 26.2. The highest BCUT2D eigenvalue weighted by molar-refractivity contribution is 6.00. The number of unbranched alkanes of at least 4 members (excludes halogenated alkanes) is 28. The van der Waals surface area contributed by atoms with Crippen LogP contribution in [0.1, 0.15) is 241 Å². The summed E-state index contributed by atoms with van der Waals surface area (Å²) in [5.74, 6) is 0.330. The van der Waals surface area contributed by atoms with Gasteiger partial charge in [-0.2, -0.15) is 0 Å². The van der Waals surface area contributed by atoms with Gasteiger partial charge in [0.15, 0.2) is 0 Å². The Kier molecular flexibility index (Phi) is 32.5. The van der Waals surface area contributed by atoms with E-state index in [2.05, 4.69) is 31.4 Å². The molecule has 1 aromatic carbocycles. The van der Waals surface area contributed by atoms with E-state index in [1.165, 1.54) is 161 Å². The Morgan fingerprint density at radius 2 is 0.780 bits per heavy atom. The second-order valence-corrected chi connectivity index (χ2v) is 15.0. The molecular weight excluding hydrogens is 617 g/mol. The minimum atomic E-state index is -0.108. The number of hydrogen-bond acceptors (Lipinski definition) is 3. The fourth-order valence-electron chi connectivity index (χ4n) is 6.74. The van der Waals surface area contributed by atoms with Crippen molar-refractivity contribution in [1.82, 2.24) is 10.6 Å². The van der Waals surface area contributed by atoms with Gasteiger partial charge in [-0.1, -0.05) is 201 Å². The van der Waals surface area contributed by atoms with Crippen LogP contribution < -0.4 is 15.4 Å². The van der Waals surface area contributed by atoms with Crippen molar-refractivity contribution in [3.8, 4) is 5.75 Å².